The Hall–Kier alpha value is 0.480. The van der Waals surface area contributed by atoms with Crippen LogP contribution in [0.2, 0.25) is 0 Å². The van der Waals surface area contributed by atoms with Gasteiger partial charge < -0.3 is 1.43 Å². The molecule has 1 unspecified atom stereocenters. The van der Waals surface area contributed by atoms with E-state index in [0.29, 0.717) is 0 Å². The van der Waals surface area contributed by atoms with Crippen LogP contribution in [0.25, 0.3) is 0 Å². The summed E-state index contributed by atoms with van der Waals surface area (Å²) in [5, 5.41) is 0. The predicted molar refractivity (Wildman–Crippen MR) is 42.4 cm³/mol. The third-order valence-electron chi connectivity index (χ3n) is 2.05. The Kier molecular flexibility index (Phi) is 5.42. The van der Waals surface area contributed by atoms with E-state index in [1.54, 1.807) is 5.57 Å². The Balaban J connectivity index is 0. The average Bonchev–Trinajstić information content (AvgIpc) is 2.37. The van der Waals surface area contributed by atoms with Gasteiger partial charge in [0, 0.05) is 0 Å². The molecule has 0 saturated heterocycles. The standard InChI is InChI=1S/C9H14.Na.H/c1-3-8(2)9-6-4-5-7-9;;/h4-6,8H,3,7H2,1-2H3;;/q;+1;-1. The minimum atomic E-state index is 0. The van der Waals surface area contributed by atoms with Gasteiger partial charge in [0.05, 0.1) is 0 Å². The van der Waals surface area contributed by atoms with Gasteiger partial charge in [0.15, 0.2) is 0 Å². The maximum Gasteiger partial charge on any atom is 1.00 e. The normalized spacial score (nSPS) is 18.0. The summed E-state index contributed by atoms with van der Waals surface area (Å²) in [6.45, 7) is 4.53. The molecule has 1 aliphatic rings. The fourth-order valence-corrected chi connectivity index (χ4v) is 1.09. The first kappa shape index (κ1) is 10.5. The van der Waals surface area contributed by atoms with Crippen LogP contribution in [0.15, 0.2) is 23.8 Å². The first-order valence-electron chi connectivity index (χ1n) is 3.70. The Bertz CT molecular complexity index is 150. The zero-order valence-corrected chi connectivity index (χ0v) is 9.22. The first-order chi connectivity index (χ1) is 4.34. The van der Waals surface area contributed by atoms with Crippen molar-refractivity contribution in [2.75, 3.05) is 0 Å². The molecule has 0 nitrogen and oxygen atoms in total. The van der Waals surface area contributed by atoms with Gasteiger partial charge in [-0.1, -0.05) is 37.6 Å². The number of hydrogen-bond donors (Lipinski definition) is 0. The molecule has 1 aliphatic carbocycles. The molecule has 0 saturated carbocycles. The van der Waals surface area contributed by atoms with Gasteiger partial charge in [0.25, 0.3) is 0 Å². The SMILES string of the molecule is CCC(C)C1=CC=CC1.[H-].[Na+]. The molecule has 0 spiro atoms. The van der Waals surface area contributed by atoms with E-state index in [-0.39, 0.29) is 31.0 Å². The van der Waals surface area contributed by atoms with Crippen LogP contribution in [0.3, 0.4) is 0 Å². The van der Waals surface area contributed by atoms with Gasteiger partial charge >= 0.3 is 29.6 Å². The van der Waals surface area contributed by atoms with E-state index in [4.69, 9.17) is 0 Å². The molecule has 0 fully saturated rings. The molecule has 10 heavy (non-hydrogen) atoms. The number of allylic oxidation sites excluding steroid dienone is 4. The molecule has 1 atom stereocenters. The van der Waals surface area contributed by atoms with Gasteiger partial charge in [-0.3, -0.25) is 0 Å². The summed E-state index contributed by atoms with van der Waals surface area (Å²) in [6, 6.07) is 0. The molecular formula is C9H15Na. The monoisotopic (exact) mass is 146 g/mol. The largest absolute Gasteiger partial charge is 1.00 e. The fourth-order valence-electron chi connectivity index (χ4n) is 1.09. The van der Waals surface area contributed by atoms with Crippen LogP contribution >= 0.6 is 0 Å². The molecular weight excluding hydrogens is 131 g/mol. The number of hydrogen-bond acceptors (Lipinski definition) is 0. The zero-order chi connectivity index (χ0) is 6.69. The van der Waals surface area contributed by atoms with Crippen molar-refractivity contribution in [1.29, 1.82) is 0 Å². The number of rotatable bonds is 2. The van der Waals surface area contributed by atoms with Crippen molar-refractivity contribution in [3.63, 3.8) is 0 Å². The Labute approximate surface area is 87.2 Å². The van der Waals surface area contributed by atoms with Crippen LogP contribution in [-0.4, -0.2) is 0 Å². The molecule has 1 heteroatoms. The second-order valence-electron chi connectivity index (χ2n) is 2.68. The first-order valence-corrected chi connectivity index (χ1v) is 3.70. The second-order valence-corrected chi connectivity index (χ2v) is 2.68. The van der Waals surface area contributed by atoms with Crippen molar-refractivity contribution in [2.45, 2.75) is 26.7 Å². The third kappa shape index (κ3) is 2.61. The second kappa shape index (κ2) is 5.17. The molecule has 0 N–H and O–H groups in total. The fraction of sp³-hybridized carbons (Fsp3) is 0.556. The summed E-state index contributed by atoms with van der Waals surface area (Å²) < 4.78 is 0. The molecule has 0 radical (unpaired) electrons. The molecule has 0 aromatic carbocycles. The molecule has 1 rings (SSSR count). The van der Waals surface area contributed by atoms with Gasteiger partial charge in [-0.2, -0.15) is 0 Å². The molecule has 0 aromatic heterocycles. The van der Waals surface area contributed by atoms with Crippen molar-refractivity contribution in [3.05, 3.63) is 23.8 Å². The van der Waals surface area contributed by atoms with Crippen LogP contribution in [0, 0.1) is 5.92 Å². The van der Waals surface area contributed by atoms with E-state index < -0.39 is 0 Å². The summed E-state index contributed by atoms with van der Waals surface area (Å²) in [4.78, 5) is 0. The summed E-state index contributed by atoms with van der Waals surface area (Å²) in [5.41, 5.74) is 1.59. The molecule has 0 amide bonds. The van der Waals surface area contributed by atoms with E-state index in [9.17, 15) is 0 Å². The molecule has 0 bridgehead atoms. The van der Waals surface area contributed by atoms with E-state index in [1.165, 1.54) is 12.8 Å². The van der Waals surface area contributed by atoms with Crippen molar-refractivity contribution < 1.29 is 31.0 Å². The summed E-state index contributed by atoms with van der Waals surface area (Å²) in [7, 11) is 0. The minimum Gasteiger partial charge on any atom is -1.00 e. The van der Waals surface area contributed by atoms with E-state index in [0.717, 1.165) is 5.92 Å². The van der Waals surface area contributed by atoms with Crippen molar-refractivity contribution >= 4 is 0 Å². The van der Waals surface area contributed by atoms with Gasteiger partial charge in [0.2, 0.25) is 0 Å². The average molecular weight is 146 g/mol. The van der Waals surface area contributed by atoms with Gasteiger partial charge in [0.1, 0.15) is 0 Å². The molecule has 0 aromatic rings. The van der Waals surface area contributed by atoms with E-state index in [2.05, 4.69) is 32.1 Å². The van der Waals surface area contributed by atoms with Gasteiger partial charge in [-0.15, -0.1) is 0 Å². The third-order valence-corrected chi connectivity index (χ3v) is 2.05. The van der Waals surface area contributed by atoms with E-state index in [1.807, 2.05) is 0 Å². The quantitative estimate of drug-likeness (QED) is 0.482. The predicted octanol–water partition coefficient (Wildman–Crippen LogP) is 0.0353. The van der Waals surface area contributed by atoms with Crippen molar-refractivity contribution in [2.24, 2.45) is 5.92 Å². The summed E-state index contributed by atoms with van der Waals surface area (Å²) >= 11 is 0. The van der Waals surface area contributed by atoms with Crippen molar-refractivity contribution in [3.8, 4) is 0 Å². The molecule has 52 valence electrons. The Morgan fingerprint density at radius 3 is 2.80 bits per heavy atom. The minimum absolute atomic E-state index is 0. The summed E-state index contributed by atoms with van der Waals surface area (Å²) in [5.74, 6) is 0.792. The topological polar surface area (TPSA) is 0 Å². The van der Waals surface area contributed by atoms with Crippen LogP contribution in [0.4, 0.5) is 0 Å². The van der Waals surface area contributed by atoms with Crippen LogP contribution in [0.5, 0.6) is 0 Å². The molecule has 0 heterocycles. The van der Waals surface area contributed by atoms with Crippen LogP contribution < -0.4 is 29.6 Å². The summed E-state index contributed by atoms with van der Waals surface area (Å²) in [6.07, 6.45) is 9.08. The smallest absolute Gasteiger partial charge is 1.00 e. The van der Waals surface area contributed by atoms with Crippen LogP contribution in [-0.2, 0) is 0 Å². The van der Waals surface area contributed by atoms with E-state index >= 15 is 0 Å². The maximum atomic E-state index is 2.29. The maximum absolute atomic E-state index is 2.29. The molecule has 0 aliphatic heterocycles. The zero-order valence-electron chi connectivity index (χ0n) is 8.22. The van der Waals surface area contributed by atoms with Gasteiger partial charge in [-0.05, 0) is 18.8 Å². The van der Waals surface area contributed by atoms with Crippen molar-refractivity contribution in [1.82, 2.24) is 0 Å². The Morgan fingerprint density at radius 1 is 1.70 bits per heavy atom. The Morgan fingerprint density at radius 2 is 2.40 bits per heavy atom. The van der Waals surface area contributed by atoms with Crippen LogP contribution in [0.1, 0.15) is 28.1 Å². The van der Waals surface area contributed by atoms with Gasteiger partial charge in [-0.25, -0.2) is 0 Å².